The van der Waals surface area contributed by atoms with Gasteiger partial charge in [0.2, 0.25) is 0 Å². The molecule has 2 aliphatic heterocycles. The maximum atomic E-state index is 6.11. The van der Waals surface area contributed by atoms with Crippen molar-refractivity contribution in [2.24, 2.45) is 5.73 Å². The number of nitrogens with two attached hydrogens (primary N) is 1. The summed E-state index contributed by atoms with van der Waals surface area (Å²) >= 11 is 2.07. The molecule has 2 fully saturated rings. The van der Waals surface area contributed by atoms with Crippen LogP contribution in [0.15, 0.2) is 0 Å². The first-order valence-corrected chi connectivity index (χ1v) is 6.83. The van der Waals surface area contributed by atoms with E-state index in [-0.39, 0.29) is 5.54 Å². The lowest BCUT2D eigenvalue weighted by molar-refractivity contribution is 0.0319. The fraction of sp³-hybridized carbons (Fsp3) is 1.00. The summed E-state index contributed by atoms with van der Waals surface area (Å²) in [7, 11) is 0. The Morgan fingerprint density at radius 2 is 2.33 bits per heavy atom. The fourth-order valence-electron chi connectivity index (χ4n) is 2.48. The molecule has 0 spiro atoms. The van der Waals surface area contributed by atoms with E-state index in [1.165, 1.54) is 18.7 Å². The third-order valence-electron chi connectivity index (χ3n) is 3.06. The fourth-order valence-corrected chi connectivity index (χ4v) is 3.85. The minimum absolute atomic E-state index is 0.0785. The topological polar surface area (TPSA) is 38.5 Å². The summed E-state index contributed by atoms with van der Waals surface area (Å²) in [5, 5.41) is 0.676. The van der Waals surface area contributed by atoms with Gasteiger partial charge in [-0.2, -0.15) is 11.8 Å². The number of rotatable bonds is 2. The van der Waals surface area contributed by atoms with Gasteiger partial charge in [0.15, 0.2) is 0 Å². The van der Waals surface area contributed by atoms with Crippen LogP contribution in [0.2, 0.25) is 0 Å². The first-order valence-electron chi connectivity index (χ1n) is 5.78. The van der Waals surface area contributed by atoms with E-state index in [0.29, 0.717) is 11.3 Å². The molecule has 88 valence electrons. The zero-order chi connectivity index (χ0) is 10.9. The molecule has 15 heavy (non-hydrogen) atoms. The lowest BCUT2D eigenvalue weighted by Crippen LogP contribution is -2.57. The smallest absolute Gasteiger partial charge is 0.0600 e. The largest absolute Gasteiger partial charge is 0.380 e. The zero-order valence-electron chi connectivity index (χ0n) is 9.74. The highest BCUT2D eigenvalue weighted by atomic mass is 32.2. The molecule has 2 atom stereocenters. The van der Waals surface area contributed by atoms with Crippen molar-refractivity contribution in [2.75, 3.05) is 32.1 Å². The van der Waals surface area contributed by atoms with E-state index in [1.54, 1.807) is 0 Å². The predicted octanol–water partition coefficient (Wildman–Crippen LogP) is 0.930. The van der Waals surface area contributed by atoms with E-state index < -0.39 is 0 Å². The van der Waals surface area contributed by atoms with Gasteiger partial charge >= 0.3 is 0 Å². The van der Waals surface area contributed by atoms with Crippen LogP contribution in [0.3, 0.4) is 0 Å². The Labute approximate surface area is 96.7 Å². The highest BCUT2D eigenvalue weighted by molar-refractivity contribution is 8.00. The van der Waals surface area contributed by atoms with Crippen molar-refractivity contribution in [3.8, 4) is 0 Å². The summed E-state index contributed by atoms with van der Waals surface area (Å²) in [6, 6.07) is 0.695. The van der Waals surface area contributed by atoms with Gasteiger partial charge in [0.05, 0.1) is 6.61 Å². The van der Waals surface area contributed by atoms with Gasteiger partial charge in [0.25, 0.3) is 0 Å². The standard InChI is InChI=1S/C11H22N2OS/c1-11(2,12)8-13-4-6-15-10-7-14-5-3-9(10)13/h9-10H,3-8,12H2,1-2H3. The Kier molecular flexibility index (Phi) is 3.60. The van der Waals surface area contributed by atoms with E-state index in [2.05, 4.69) is 30.5 Å². The molecule has 3 nitrogen and oxygen atoms in total. The number of fused-ring (bicyclic) bond motifs is 1. The Hall–Kier alpha value is 0.230. The third kappa shape index (κ3) is 3.09. The van der Waals surface area contributed by atoms with Crippen LogP contribution in [-0.2, 0) is 4.74 Å². The Morgan fingerprint density at radius 1 is 1.53 bits per heavy atom. The molecular formula is C11H22N2OS. The second-order valence-corrected chi connectivity index (χ2v) is 6.65. The predicted molar refractivity (Wildman–Crippen MR) is 65.3 cm³/mol. The van der Waals surface area contributed by atoms with Gasteiger partial charge < -0.3 is 10.5 Å². The minimum Gasteiger partial charge on any atom is -0.380 e. The first kappa shape index (κ1) is 11.7. The van der Waals surface area contributed by atoms with Crippen LogP contribution in [0.4, 0.5) is 0 Å². The lowest BCUT2D eigenvalue weighted by atomic mass is 10.0. The molecule has 0 amide bonds. The number of hydrogen-bond donors (Lipinski definition) is 1. The molecule has 2 saturated heterocycles. The van der Waals surface area contributed by atoms with Crippen molar-refractivity contribution in [1.82, 2.24) is 4.90 Å². The van der Waals surface area contributed by atoms with E-state index in [1.807, 2.05) is 0 Å². The Morgan fingerprint density at radius 3 is 3.07 bits per heavy atom. The summed E-state index contributed by atoms with van der Waals surface area (Å²) in [6.07, 6.45) is 1.17. The van der Waals surface area contributed by atoms with Crippen LogP contribution in [0.1, 0.15) is 20.3 Å². The van der Waals surface area contributed by atoms with E-state index in [4.69, 9.17) is 10.5 Å². The molecule has 0 bridgehead atoms. The first-order chi connectivity index (χ1) is 7.06. The van der Waals surface area contributed by atoms with Crippen LogP contribution in [0.25, 0.3) is 0 Å². The molecule has 0 aromatic rings. The van der Waals surface area contributed by atoms with E-state index in [0.717, 1.165) is 19.8 Å². The monoisotopic (exact) mass is 230 g/mol. The van der Waals surface area contributed by atoms with Crippen LogP contribution in [0, 0.1) is 0 Å². The molecule has 2 unspecified atom stereocenters. The average molecular weight is 230 g/mol. The molecule has 0 radical (unpaired) electrons. The van der Waals surface area contributed by atoms with Gasteiger partial charge in [-0.3, -0.25) is 4.90 Å². The highest BCUT2D eigenvalue weighted by Crippen LogP contribution is 2.30. The third-order valence-corrected chi connectivity index (χ3v) is 4.36. The summed E-state index contributed by atoms with van der Waals surface area (Å²) in [5.41, 5.74) is 6.03. The summed E-state index contributed by atoms with van der Waals surface area (Å²) < 4.78 is 5.54. The minimum atomic E-state index is -0.0785. The van der Waals surface area contributed by atoms with Gasteiger partial charge in [-0.15, -0.1) is 0 Å². The van der Waals surface area contributed by atoms with Gasteiger partial charge in [-0.05, 0) is 20.3 Å². The molecular weight excluding hydrogens is 208 g/mol. The summed E-state index contributed by atoms with van der Waals surface area (Å²) in [6.45, 7) is 8.27. The van der Waals surface area contributed by atoms with Gasteiger partial charge in [0.1, 0.15) is 0 Å². The molecule has 2 rings (SSSR count). The van der Waals surface area contributed by atoms with Gasteiger partial charge in [0, 0.05) is 42.3 Å². The Bertz CT molecular complexity index is 215. The zero-order valence-corrected chi connectivity index (χ0v) is 10.6. The molecule has 2 N–H and O–H groups in total. The SMILES string of the molecule is CC(C)(N)CN1CCSC2COCCC21. The molecule has 0 aromatic carbocycles. The maximum Gasteiger partial charge on any atom is 0.0600 e. The van der Waals surface area contributed by atoms with Crippen molar-refractivity contribution in [2.45, 2.75) is 37.1 Å². The lowest BCUT2D eigenvalue weighted by Gasteiger charge is -2.45. The summed E-state index contributed by atoms with van der Waals surface area (Å²) in [5.74, 6) is 1.22. The van der Waals surface area contributed by atoms with Gasteiger partial charge in [-0.1, -0.05) is 0 Å². The van der Waals surface area contributed by atoms with Crippen LogP contribution in [-0.4, -0.2) is 53.8 Å². The van der Waals surface area contributed by atoms with Gasteiger partial charge in [-0.25, -0.2) is 0 Å². The summed E-state index contributed by atoms with van der Waals surface area (Å²) in [4.78, 5) is 2.57. The van der Waals surface area contributed by atoms with Crippen molar-refractivity contribution in [3.05, 3.63) is 0 Å². The van der Waals surface area contributed by atoms with Crippen molar-refractivity contribution < 1.29 is 4.74 Å². The number of hydrogen-bond acceptors (Lipinski definition) is 4. The highest BCUT2D eigenvalue weighted by Gasteiger charge is 2.35. The molecule has 2 aliphatic rings. The molecule has 0 aromatic heterocycles. The quantitative estimate of drug-likeness (QED) is 0.766. The molecule has 0 saturated carbocycles. The normalized spacial score (nSPS) is 33.8. The van der Waals surface area contributed by atoms with E-state index >= 15 is 0 Å². The second kappa shape index (κ2) is 4.62. The van der Waals surface area contributed by atoms with Crippen molar-refractivity contribution >= 4 is 11.8 Å². The molecule has 4 heteroatoms. The second-order valence-electron chi connectivity index (χ2n) is 5.30. The number of nitrogens with zero attached hydrogens (tertiary/aromatic N) is 1. The van der Waals surface area contributed by atoms with E-state index in [9.17, 15) is 0 Å². The van der Waals surface area contributed by atoms with Crippen LogP contribution in [0.5, 0.6) is 0 Å². The number of ether oxygens (including phenoxy) is 1. The Balaban J connectivity index is 1.97. The van der Waals surface area contributed by atoms with Crippen molar-refractivity contribution in [3.63, 3.8) is 0 Å². The molecule has 2 heterocycles. The molecule has 0 aliphatic carbocycles. The van der Waals surface area contributed by atoms with Crippen molar-refractivity contribution in [1.29, 1.82) is 0 Å². The van der Waals surface area contributed by atoms with Crippen LogP contribution < -0.4 is 5.73 Å². The number of thioether (sulfide) groups is 1. The van der Waals surface area contributed by atoms with Crippen LogP contribution >= 0.6 is 11.8 Å². The maximum absolute atomic E-state index is 6.11. The average Bonchev–Trinajstić information content (AvgIpc) is 2.16.